The molecule has 0 fully saturated rings. The number of sulfonamides is 1. The first-order valence-corrected chi connectivity index (χ1v) is 15.1. The average Bonchev–Trinajstić information content (AvgIpc) is 2.88. The smallest absolute Gasteiger partial charge is 0.264 e. The van der Waals surface area contributed by atoms with E-state index in [1.165, 1.54) is 35.2 Å². The lowest BCUT2D eigenvalue weighted by molar-refractivity contribution is -0.141. The van der Waals surface area contributed by atoms with Gasteiger partial charge in [0.2, 0.25) is 11.8 Å². The molecule has 0 spiro atoms. The van der Waals surface area contributed by atoms with Crippen LogP contribution >= 0.6 is 23.2 Å². The van der Waals surface area contributed by atoms with Crippen molar-refractivity contribution in [2.24, 2.45) is 0 Å². The fraction of sp³-hybridized carbons (Fsp3) is 0.333. The number of hydrogen-bond donors (Lipinski definition) is 1. The molecular formula is C30H35Cl2N3O4S. The van der Waals surface area contributed by atoms with Crippen molar-refractivity contribution in [3.63, 3.8) is 0 Å². The van der Waals surface area contributed by atoms with Crippen molar-refractivity contribution in [2.75, 3.05) is 10.8 Å². The fourth-order valence-corrected chi connectivity index (χ4v) is 5.86. The number of rotatable bonds is 10. The van der Waals surface area contributed by atoms with Crippen LogP contribution in [0.5, 0.6) is 0 Å². The average molecular weight is 605 g/mol. The number of halogens is 2. The molecule has 0 aliphatic rings. The maximum Gasteiger partial charge on any atom is 0.264 e. The molecule has 0 unspecified atom stereocenters. The summed E-state index contributed by atoms with van der Waals surface area (Å²) in [6, 6.07) is 19.2. The lowest BCUT2D eigenvalue weighted by atomic mass is 10.1. The predicted molar refractivity (Wildman–Crippen MR) is 161 cm³/mol. The number of nitrogens with one attached hydrogen (secondary N) is 1. The Morgan fingerprint density at radius 3 is 2.10 bits per heavy atom. The summed E-state index contributed by atoms with van der Waals surface area (Å²) in [5.74, 6) is -0.858. The van der Waals surface area contributed by atoms with E-state index >= 15 is 0 Å². The Bertz CT molecular complexity index is 1440. The van der Waals surface area contributed by atoms with E-state index < -0.39 is 34.1 Å². The van der Waals surface area contributed by atoms with Gasteiger partial charge < -0.3 is 10.2 Å². The van der Waals surface area contributed by atoms with E-state index in [4.69, 9.17) is 23.2 Å². The summed E-state index contributed by atoms with van der Waals surface area (Å²) in [4.78, 5) is 28.9. The molecule has 0 aliphatic heterocycles. The number of carbonyl (C=O) groups is 2. The second-order valence-corrected chi connectivity index (χ2v) is 13.3. The van der Waals surface area contributed by atoms with Crippen LogP contribution in [-0.2, 0) is 26.2 Å². The molecule has 0 bridgehead atoms. The normalized spacial score (nSPS) is 12.5. The number of amides is 2. The van der Waals surface area contributed by atoms with Gasteiger partial charge in [-0.15, -0.1) is 0 Å². The van der Waals surface area contributed by atoms with Crippen LogP contribution in [0.25, 0.3) is 0 Å². The predicted octanol–water partition coefficient (Wildman–Crippen LogP) is 6.22. The summed E-state index contributed by atoms with van der Waals surface area (Å²) in [6.45, 7) is 8.82. The van der Waals surface area contributed by atoms with Crippen LogP contribution in [-0.4, -0.2) is 43.3 Å². The molecule has 0 heterocycles. The molecule has 1 atom stereocenters. The quantitative estimate of drug-likeness (QED) is 0.298. The number of hydrogen-bond acceptors (Lipinski definition) is 4. The molecule has 7 nitrogen and oxygen atoms in total. The van der Waals surface area contributed by atoms with E-state index in [0.29, 0.717) is 6.42 Å². The standard InChI is InChI=1S/C30H35Cl2N3O4S/c1-6-27(29(37)33-30(3,4)5)34(19-22-10-8-7-9-11-22)28(36)20-35(23-14-17-25(31)26(32)18-23)40(38,39)24-15-12-21(2)13-16-24/h7-18,27H,6,19-20H2,1-5H3,(H,33,37)/t27-/m0/s1. The first-order chi connectivity index (χ1) is 18.7. The molecule has 3 aromatic carbocycles. The van der Waals surface area contributed by atoms with Gasteiger partial charge in [-0.3, -0.25) is 13.9 Å². The third-order valence-corrected chi connectivity index (χ3v) is 8.69. The van der Waals surface area contributed by atoms with Crippen molar-refractivity contribution in [3.05, 3.63) is 94.0 Å². The van der Waals surface area contributed by atoms with Gasteiger partial charge in [-0.25, -0.2) is 8.42 Å². The van der Waals surface area contributed by atoms with Crippen LogP contribution in [0.3, 0.4) is 0 Å². The molecule has 0 aromatic heterocycles. The van der Waals surface area contributed by atoms with Crippen molar-refractivity contribution < 1.29 is 18.0 Å². The van der Waals surface area contributed by atoms with E-state index in [0.717, 1.165) is 15.4 Å². The van der Waals surface area contributed by atoms with Crippen molar-refractivity contribution in [2.45, 2.75) is 64.1 Å². The van der Waals surface area contributed by atoms with E-state index in [9.17, 15) is 18.0 Å². The van der Waals surface area contributed by atoms with Crippen LogP contribution < -0.4 is 9.62 Å². The van der Waals surface area contributed by atoms with Crippen LogP contribution in [0.1, 0.15) is 45.2 Å². The summed E-state index contributed by atoms with van der Waals surface area (Å²) >= 11 is 12.4. The highest BCUT2D eigenvalue weighted by molar-refractivity contribution is 7.92. The van der Waals surface area contributed by atoms with E-state index in [-0.39, 0.29) is 33.1 Å². The highest BCUT2D eigenvalue weighted by Crippen LogP contribution is 2.31. The van der Waals surface area contributed by atoms with Crippen molar-refractivity contribution in [1.29, 1.82) is 0 Å². The monoisotopic (exact) mass is 603 g/mol. The van der Waals surface area contributed by atoms with Crippen LogP contribution in [0, 0.1) is 6.92 Å². The second-order valence-electron chi connectivity index (χ2n) is 10.6. The van der Waals surface area contributed by atoms with Crippen molar-refractivity contribution >= 4 is 50.7 Å². The number of aryl methyl sites for hydroxylation is 1. The summed E-state index contributed by atoms with van der Waals surface area (Å²) in [7, 11) is -4.20. The Balaban J connectivity index is 2.08. The SMILES string of the molecule is CC[C@@H](C(=O)NC(C)(C)C)N(Cc1ccccc1)C(=O)CN(c1ccc(Cl)c(Cl)c1)S(=O)(=O)c1ccc(C)cc1. The maximum absolute atomic E-state index is 14.1. The molecule has 2 amide bonds. The van der Waals surface area contributed by atoms with Crippen LogP contribution in [0.4, 0.5) is 5.69 Å². The van der Waals surface area contributed by atoms with Gasteiger partial charge in [-0.05, 0) is 70.0 Å². The van der Waals surface area contributed by atoms with Crippen molar-refractivity contribution in [3.8, 4) is 0 Å². The zero-order valence-corrected chi connectivity index (χ0v) is 25.6. The van der Waals surface area contributed by atoms with E-state index in [2.05, 4.69) is 5.32 Å². The highest BCUT2D eigenvalue weighted by Gasteiger charge is 2.34. The lowest BCUT2D eigenvalue weighted by Gasteiger charge is -2.34. The largest absolute Gasteiger partial charge is 0.350 e. The summed E-state index contributed by atoms with van der Waals surface area (Å²) < 4.78 is 28.8. The number of benzene rings is 3. The van der Waals surface area contributed by atoms with E-state index in [1.54, 1.807) is 12.1 Å². The minimum absolute atomic E-state index is 0.0177. The second kappa shape index (κ2) is 13.1. The highest BCUT2D eigenvalue weighted by atomic mass is 35.5. The van der Waals surface area contributed by atoms with Crippen molar-refractivity contribution in [1.82, 2.24) is 10.2 Å². The molecule has 3 rings (SSSR count). The zero-order valence-electron chi connectivity index (χ0n) is 23.3. The minimum atomic E-state index is -4.20. The van der Waals surface area contributed by atoms with Gasteiger partial charge in [0.15, 0.2) is 0 Å². The zero-order chi connectivity index (χ0) is 29.7. The molecule has 1 N–H and O–H groups in total. The molecule has 0 aliphatic carbocycles. The third-order valence-electron chi connectivity index (χ3n) is 6.16. The van der Waals surface area contributed by atoms with Crippen LogP contribution in [0.15, 0.2) is 77.7 Å². The molecule has 40 heavy (non-hydrogen) atoms. The van der Waals surface area contributed by atoms with Gasteiger partial charge in [-0.2, -0.15) is 0 Å². The molecule has 0 saturated carbocycles. The molecule has 214 valence electrons. The van der Waals surface area contributed by atoms with Crippen LogP contribution in [0.2, 0.25) is 10.0 Å². The molecule has 3 aromatic rings. The Morgan fingerprint density at radius 1 is 0.925 bits per heavy atom. The summed E-state index contributed by atoms with van der Waals surface area (Å²) in [5.41, 5.74) is 1.35. The lowest BCUT2D eigenvalue weighted by Crippen LogP contribution is -2.55. The molecule has 10 heteroatoms. The molecule has 0 radical (unpaired) electrons. The third kappa shape index (κ3) is 7.99. The Kier molecular flexibility index (Phi) is 10.3. The summed E-state index contributed by atoms with van der Waals surface area (Å²) in [6.07, 6.45) is 0.331. The summed E-state index contributed by atoms with van der Waals surface area (Å²) in [5, 5.41) is 3.35. The number of carbonyl (C=O) groups excluding carboxylic acids is 2. The topological polar surface area (TPSA) is 86.8 Å². The van der Waals surface area contributed by atoms with Gasteiger partial charge in [-0.1, -0.05) is 78.2 Å². The first-order valence-electron chi connectivity index (χ1n) is 12.9. The Hall–Kier alpha value is -3.07. The minimum Gasteiger partial charge on any atom is -0.350 e. The van der Waals surface area contributed by atoms with E-state index in [1.807, 2.05) is 65.0 Å². The first kappa shape index (κ1) is 31.5. The molecule has 0 saturated heterocycles. The van der Waals surface area contributed by atoms with Gasteiger partial charge in [0.05, 0.1) is 20.6 Å². The molecular weight excluding hydrogens is 569 g/mol. The van der Waals surface area contributed by atoms with Gasteiger partial charge >= 0.3 is 0 Å². The van der Waals surface area contributed by atoms with Gasteiger partial charge in [0.1, 0.15) is 12.6 Å². The Labute approximate surface area is 247 Å². The number of nitrogens with zero attached hydrogens (tertiary/aromatic N) is 2. The van der Waals surface area contributed by atoms with Gasteiger partial charge in [0.25, 0.3) is 10.0 Å². The van der Waals surface area contributed by atoms with Gasteiger partial charge in [0, 0.05) is 12.1 Å². The maximum atomic E-state index is 14.1. The Morgan fingerprint density at radius 2 is 1.55 bits per heavy atom. The fourth-order valence-electron chi connectivity index (χ4n) is 4.16. The number of anilines is 1.